The molecule has 0 bridgehead atoms. The van der Waals surface area contributed by atoms with Crippen LogP contribution in [0.3, 0.4) is 0 Å². The fraction of sp³-hybridized carbons (Fsp3) is 0.0833. The average Bonchev–Trinajstić information content (AvgIpc) is 2.68. The number of hydrogen-bond donors (Lipinski definition) is 1. The second-order valence-corrected chi connectivity index (χ2v) is 3.74. The second-order valence-electron chi connectivity index (χ2n) is 3.34. The number of ether oxygens (including phenoxy) is 1. The summed E-state index contributed by atoms with van der Waals surface area (Å²) in [4.78, 5) is 10.7. The highest BCUT2D eigenvalue weighted by molar-refractivity contribution is 6.32. The summed E-state index contributed by atoms with van der Waals surface area (Å²) in [5, 5.41) is 9.82. The highest BCUT2D eigenvalue weighted by Gasteiger charge is 2.13. The molecule has 0 amide bonds. The molecule has 1 aromatic heterocycles. The van der Waals surface area contributed by atoms with E-state index in [9.17, 15) is 4.79 Å². The first-order valence-electron chi connectivity index (χ1n) is 4.82. The van der Waals surface area contributed by atoms with Gasteiger partial charge in [0.2, 0.25) is 5.76 Å². The lowest BCUT2D eigenvalue weighted by molar-refractivity contribution is 0.0665. The van der Waals surface area contributed by atoms with Gasteiger partial charge >= 0.3 is 5.97 Å². The molecule has 1 N–H and O–H groups in total. The van der Waals surface area contributed by atoms with Gasteiger partial charge in [0.05, 0.1) is 5.02 Å². The van der Waals surface area contributed by atoms with E-state index in [0.717, 1.165) is 0 Å². The SMILES string of the molecule is C=CCOc1cc2oc(C(=O)O)cc2cc1Cl. The predicted molar refractivity (Wildman–Crippen MR) is 63.9 cm³/mol. The first-order chi connectivity index (χ1) is 8.11. The van der Waals surface area contributed by atoms with Crippen LogP contribution in [0.2, 0.25) is 5.02 Å². The first-order valence-corrected chi connectivity index (χ1v) is 5.19. The molecule has 0 radical (unpaired) electrons. The molecule has 2 rings (SSSR count). The maximum absolute atomic E-state index is 10.7. The Balaban J connectivity index is 2.47. The number of benzene rings is 1. The molecule has 17 heavy (non-hydrogen) atoms. The van der Waals surface area contributed by atoms with Crippen molar-refractivity contribution in [3.8, 4) is 5.75 Å². The molecule has 0 atom stereocenters. The molecule has 0 saturated heterocycles. The topological polar surface area (TPSA) is 59.7 Å². The zero-order valence-electron chi connectivity index (χ0n) is 8.77. The van der Waals surface area contributed by atoms with E-state index in [-0.39, 0.29) is 5.76 Å². The van der Waals surface area contributed by atoms with Crippen LogP contribution < -0.4 is 4.74 Å². The third-order valence-corrected chi connectivity index (χ3v) is 2.43. The van der Waals surface area contributed by atoms with Crippen molar-refractivity contribution in [1.82, 2.24) is 0 Å². The summed E-state index contributed by atoms with van der Waals surface area (Å²) in [7, 11) is 0. The van der Waals surface area contributed by atoms with E-state index in [1.54, 1.807) is 18.2 Å². The van der Waals surface area contributed by atoms with Crippen molar-refractivity contribution in [3.05, 3.63) is 41.6 Å². The number of rotatable bonds is 4. The van der Waals surface area contributed by atoms with Crippen molar-refractivity contribution < 1.29 is 19.1 Å². The van der Waals surface area contributed by atoms with Gasteiger partial charge in [0.15, 0.2) is 0 Å². The van der Waals surface area contributed by atoms with Crippen LogP contribution >= 0.6 is 11.6 Å². The van der Waals surface area contributed by atoms with E-state index >= 15 is 0 Å². The van der Waals surface area contributed by atoms with Crippen molar-refractivity contribution in [2.45, 2.75) is 0 Å². The molecular formula is C12H9ClO4. The lowest BCUT2D eigenvalue weighted by Gasteiger charge is -2.04. The van der Waals surface area contributed by atoms with Crippen molar-refractivity contribution in [2.75, 3.05) is 6.61 Å². The summed E-state index contributed by atoms with van der Waals surface area (Å²) in [5.41, 5.74) is 0.422. The third-order valence-electron chi connectivity index (χ3n) is 2.14. The number of aromatic carboxylic acids is 1. The molecule has 0 unspecified atom stereocenters. The fourth-order valence-electron chi connectivity index (χ4n) is 1.41. The predicted octanol–water partition coefficient (Wildman–Crippen LogP) is 3.35. The second kappa shape index (κ2) is 4.51. The molecule has 0 aliphatic carbocycles. The number of carbonyl (C=O) groups is 1. The lowest BCUT2D eigenvalue weighted by Crippen LogP contribution is -1.92. The molecule has 0 aliphatic rings. The number of hydrogen-bond acceptors (Lipinski definition) is 3. The maximum Gasteiger partial charge on any atom is 0.371 e. The Hall–Kier alpha value is -1.94. The van der Waals surface area contributed by atoms with E-state index in [2.05, 4.69) is 6.58 Å². The van der Waals surface area contributed by atoms with Gasteiger partial charge in [-0.05, 0) is 12.1 Å². The van der Waals surface area contributed by atoms with E-state index in [1.165, 1.54) is 6.07 Å². The Morgan fingerprint density at radius 2 is 2.29 bits per heavy atom. The highest BCUT2D eigenvalue weighted by atomic mass is 35.5. The molecule has 1 aromatic carbocycles. The monoisotopic (exact) mass is 252 g/mol. The Morgan fingerprint density at radius 1 is 1.53 bits per heavy atom. The zero-order chi connectivity index (χ0) is 12.4. The largest absolute Gasteiger partial charge is 0.488 e. The van der Waals surface area contributed by atoms with Crippen LogP contribution in [-0.2, 0) is 0 Å². The molecule has 5 heteroatoms. The number of fused-ring (bicyclic) bond motifs is 1. The summed E-state index contributed by atoms with van der Waals surface area (Å²) in [6.45, 7) is 3.84. The molecule has 0 spiro atoms. The first kappa shape index (κ1) is 11.5. The third kappa shape index (κ3) is 2.26. The molecule has 0 fully saturated rings. The van der Waals surface area contributed by atoms with E-state index < -0.39 is 5.97 Å². The Bertz CT molecular complexity index is 585. The van der Waals surface area contributed by atoms with Crippen molar-refractivity contribution in [2.24, 2.45) is 0 Å². The molecular weight excluding hydrogens is 244 g/mol. The van der Waals surface area contributed by atoms with Gasteiger partial charge < -0.3 is 14.3 Å². The standard InChI is InChI=1S/C12H9ClO4/c1-2-3-16-10-6-9-7(4-8(10)13)5-11(17-9)12(14)15/h2,4-6H,1,3H2,(H,14,15). The van der Waals surface area contributed by atoms with Crippen LogP contribution in [0, 0.1) is 0 Å². The van der Waals surface area contributed by atoms with Gasteiger partial charge in [-0.3, -0.25) is 0 Å². The number of carboxylic acids is 1. The van der Waals surface area contributed by atoms with Crippen LogP contribution in [0.4, 0.5) is 0 Å². The summed E-state index contributed by atoms with van der Waals surface area (Å²) >= 11 is 5.98. The number of carboxylic acid groups (broad SMARTS) is 1. The highest BCUT2D eigenvalue weighted by Crippen LogP contribution is 2.31. The smallest absolute Gasteiger partial charge is 0.371 e. The van der Waals surface area contributed by atoms with Crippen molar-refractivity contribution >= 4 is 28.5 Å². The van der Waals surface area contributed by atoms with Crippen LogP contribution in [0.25, 0.3) is 11.0 Å². The lowest BCUT2D eigenvalue weighted by atomic mass is 10.2. The van der Waals surface area contributed by atoms with Crippen molar-refractivity contribution in [1.29, 1.82) is 0 Å². The van der Waals surface area contributed by atoms with E-state index in [1.807, 2.05) is 0 Å². The normalized spacial score (nSPS) is 10.4. The van der Waals surface area contributed by atoms with Crippen LogP contribution in [0.1, 0.15) is 10.6 Å². The minimum absolute atomic E-state index is 0.128. The number of furan rings is 1. The van der Waals surface area contributed by atoms with Gasteiger partial charge in [0.25, 0.3) is 0 Å². The molecule has 4 nitrogen and oxygen atoms in total. The summed E-state index contributed by atoms with van der Waals surface area (Å²) in [6.07, 6.45) is 1.59. The van der Waals surface area contributed by atoms with Crippen molar-refractivity contribution in [3.63, 3.8) is 0 Å². The average molecular weight is 253 g/mol. The summed E-state index contributed by atoms with van der Waals surface area (Å²) in [5.74, 6) is -0.812. The van der Waals surface area contributed by atoms with Gasteiger partial charge in [-0.1, -0.05) is 24.3 Å². The van der Waals surface area contributed by atoms with E-state index in [4.69, 9.17) is 25.9 Å². The minimum atomic E-state index is -1.12. The van der Waals surface area contributed by atoms with Crippen LogP contribution in [0.15, 0.2) is 35.3 Å². The molecule has 0 saturated carbocycles. The molecule has 1 heterocycles. The Labute approximate surface area is 102 Å². The fourth-order valence-corrected chi connectivity index (χ4v) is 1.63. The van der Waals surface area contributed by atoms with Gasteiger partial charge in [-0.2, -0.15) is 0 Å². The summed E-state index contributed by atoms with van der Waals surface area (Å²) in [6, 6.07) is 4.58. The van der Waals surface area contributed by atoms with Gasteiger partial charge in [-0.15, -0.1) is 0 Å². The molecule has 88 valence electrons. The van der Waals surface area contributed by atoms with E-state index in [0.29, 0.717) is 28.3 Å². The maximum atomic E-state index is 10.7. The van der Waals surface area contributed by atoms with Gasteiger partial charge in [0.1, 0.15) is 17.9 Å². The van der Waals surface area contributed by atoms with Gasteiger partial charge in [-0.25, -0.2) is 4.79 Å². The minimum Gasteiger partial charge on any atom is -0.488 e. The van der Waals surface area contributed by atoms with Gasteiger partial charge in [0, 0.05) is 11.5 Å². The Morgan fingerprint density at radius 3 is 2.94 bits per heavy atom. The molecule has 0 aliphatic heterocycles. The Kier molecular flexibility index (Phi) is 3.06. The number of halogens is 1. The van der Waals surface area contributed by atoms with Crippen LogP contribution in [0.5, 0.6) is 5.75 Å². The van der Waals surface area contributed by atoms with Crippen LogP contribution in [-0.4, -0.2) is 17.7 Å². The quantitative estimate of drug-likeness (QED) is 0.848. The summed E-state index contributed by atoms with van der Waals surface area (Å²) < 4.78 is 10.4. The molecule has 2 aromatic rings. The zero-order valence-corrected chi connectivity index (χ0v) is 9.53.